The Morgan fingerprint density at radius 3 is 1.72 bits per heavy atom. The Labute approximate surface area is 286 Å². The van der Waals surface area contributed by atoms with Gasteiger partial charge in [-0.15, -0.1) is 0 Å². The molecule has 0 aliphatic carbocycles. The number of hydrogen-bond acceptors (Lipinski definition) is 2. The van der Waals surface area contributed by atoms with E-state index >= 15 is 0 Å². The van der Waals surface area contributed by atoms with Crippen molar-refractivity contribution in [3.63, 3.8) is 0 Å². The predicted octanol–water partition coefficient (Wildman–Crippen LogP) is 11.4. The second kappa shape index (κ2) is 15.4. The molecule has 0 saturated heterocycles. The molecule has 0 amide bonds. The van der Waals surface area contributed by atoms with E-state index in [0.29, 0.717) is 15.2 Å². The van der Waals surface area contributed by atoms with Gasteiger partial charge in [-0.1, -0.05) is 165 Å². The van der Waals surface area contributed by atoms with Crippen LogP contribution in [0.2, 0.25) is 0 Å². The first-order valence-electron chi connectivity index (χ1n) is 17.1. The Morgan fingerprint density at radius 1 is 0.638 bits per heavy atom. The van der Waals surface area contributed by atoms with Gasteiger partial charge in [0.05, 0.1) is 0 Å². The summed E-state index contributed by atoms with van der Waals surface area (Å²) in [6.07, 6.45) is 2.17. The van der Waals surface area contributed by atoms with Gasteiger partial charge in [-0.2, -0.15) is 0 Å². The third-order valence-corrected chi connectivity index (χ3v) is 11.1. The molecule has 5 aromatic carbocycles. The molecule has 2 nitrogen and oxygen atoms in total. The first-order valence-corrected chi connectivity index (χ1v) is 18.1. The lowest BCUT2D eigenvalue weighted by Gasteiger charge is -2.37. The second-order valence-electron chi connectivity index (χ2n) is 14.2. The number of anilines is 1. The molecule has 0 radical (unpaired) electrons. The zero-order valence-electron chi connectivity index (χ0n) is 29.4. The average Bonchev–Trinajstić information content (AvgIpc) is 3.05. The van der Waals surface area contributed by atoms with E-state index in [1.165, 1.54) is 49.9 Å². The minimum Gasteiger partial charge on any atom is -0.488 e. The van der Waals surface area contributed by atoms with Crippen molar-refractivity contribution < 1.29 is 4.74 Å². The Morgan fingerprint density at radius 2 is 1.19 bits per heavy atom. The maximum atomic E-state index is 6.81. The average molecular weight is 642 g/mol. The summed E-state index contributed by atoms with van der Waals surface area (Å²) in [6, 6.07) is 44.0. The van der Waals surface area contributed by atoms with Crippen molar-refractivity contribution in [3.05, 3.63) is 160 Å². The fourth-order valence-electron chi connectivity index (χ4n) is 6.49. The van der Waals surface area contributed by atoms with Gasteiger partial charge in [0.25, 0.3) is 0 Å². The summed E-state index contributed by atoms with van der Waals surface area (Å²) in [4.78, 5) is 2.58. The third kappa shape index (κ3) is 8.74. The minimum atomic E-state index is -0.112. The standard InChI is InChI=1S/C44H52NOP/c1-8-27-44(7,39-29-38(43(4,5)6)28-34(3)41(39)46-32-37-24-16-11-17-25-37)47-42-33(2)19-18-26-40(42)45(30-35-20-12-9-13-21-35)31-36-22-14-10-15-23-36/h9-26,28-29,47H,8,27,30-32H2,1-7H3. The van der Waals surface area contributed by atoms with Crippen LogP contribution in [-0.4, -0.2) is 0 Å². The predicted molar refractivity (Wildman–Crippen MR) is 205 cm³/mol. The van der Waals surface area contributed by atoms with Crippen molar-refractivity contribution in [3.8, 4) is 5.75 Å². The van der Waals surface area contributed by atoms with Crippen LogP contribution in [0.15, 0.2) is 121 Å². The smallest absolute Gasteiger partial charge is 0.126 e. The van der Waals surface area contributed by atoms with Gasteiger partial charge in [-0.25, -0.2) is 0 Å². The number of benzene rings is 5. The van der Waals surface area contributed by atoms with Crippen molar-refractivity contribution in [1.82, 2.24) is 0 Å². The minimum absolute atomic E-state index is 0.0314. The summed E-state index contributed by atoms with van der Waals surface area (Å²) in [5.41, 5.74) is 10.5. The van der Waals surface area contributed by atoms with Crippen LogP contribution < -0.4 is 14.9 Å². The van der Waals surface area contributed by atoms with Crippen molar-refractivity contribution in [1.29, 1.82) is 0 Å². The quantitative estimate of drug-likeness (QED) is 0.119. The summed E-state index contributed by atoms with van der Waals surface area (Å²) < 4.78 is 6.81. The molecule has 0 spiro atoms. The molecule has 0 N–H and O–H groups in total. The Kier molecular flexibility index (Phi) is 11.3. The molecule has 5 aromatic rings. The molecule has 0 aliphatic rings. The first-order chi connectivity index (χ1) is 22.6. The van der Waals surface area contributed by atoms with Gasteiger partial charge >= 0.3 is 0 Å². The topological polar surface area (TPSA) is 12.5 Å². The Balaban J connectivity index is 1.62. The lowest BCUT2D eigenvalue weighted by Crippen LogP contribution is -2.29. The van der Waals surface area contributed by atoms with Crippen LogP contribution in [-0.2, 0) is 30.3 Å². The van der Waals surface area contributed by atoms with E-state index in [4.69, 9.17) is 4.74 Å². The molecule has 244 valence electrons. The summed E-state index contributed by atoms with van der Waals surface area (Å²) in [7, 11) is 0.566. The lowest BCUT2D eigenvalue weighted by atomic mass is 9.82. The van der Waals surface area contributed by atoms with Crippen molar-refractivity contribution >= 4 is 19.6 Å². The van der Waals surface area contributed by atoms with E-state index in [1.807, 2.05) is 0 Å². The molecule has 0 aliphatic heterocycles. The number of ether oxygens (including phenoxy) is 1. The highest BCUT2D eigenvalue weighted by Gasteiger charge is 2.34. The molecule has 2 unspecified atom stereocenters. The second-order valence-corrected chi connectivity index (χ2v) is 16.1. The molecule has 0 aromatic heterocycles. The molecule has 0 bridgehead atoms. The van der Waals surface area contributed by atoms with Crippen LogP contribution in [0.3, 0.4) is 0 Å². The normalized spacial score (nSPS) is 13.1. The van der Waals surface area contributed by atoms with Crippen molar-refractivity contribution in [2.24, 2.45) is 0 Å². The van der Waals surface area contributed by atoms with E-state index in [-0.39, 0.29) is 10.6 Å². The van der Waals surface area contributed by atoms with E-state index in [1.54, 1.807) is 0 Å². The molecule has 5 rings (SSSR count). The van der Waals surface area contributed by atoms with Gasteiger partial charge in [0, 0.05) is 29.5 Å². The molecular formula is C44H52NOP. The Bertz CT molecular complexity index is 1690. The molecule has 3 heteroatoms. The summed E-state index contributed by atoms with van der Waals surface area (Å²) in [5, 5.41) is 1.34. The van der Waals surface area contributed by atoms with E-state index in [2.05, 4.69) is 175 Å². The van der Waals surface area contributed by atoms with Gasteiger partial charge in [-0.3, -0.25) is 0 Å². The third-order valence-electron chi connectivity index (χ3n) is 9.14. The highest BCUT2D eigenvalue weighted by Crippen LogP contribution is 2.51. The zero-order chi connectivity index (χ0) is 33.4. The molecule has 47 heavy (non-hydrogen) atoms. The van der Waals surface area contributed by atoms with Gasteiger partial charge in [0.2, 0.25) is 0 Å². The van der Waals surface area contributed by atoms with Gasteiger partial charge in [-0.05, 0) is 70.4 Å². The van der Waals surface area contributed by atoms with Crippen LogP contribution in [0.5, 0.6) is 5.75 Å². The van der Waals surface area contributed by atoms with Gasteiger partial charge in [0.15, 0.2) is 0 Å². The van der Waals surface area contributed by atoms with Crippen molar-refractivity contribution in [2.45, 2.75) is 91.6 Å². The maximum Gasteiger partial charge on any atom is 0.126 e. The summed E-state index contributed by atoms with van der Waals surface area (Å²) in [5.74, 6) is 1.05. The molecule has 0 fully saturated rings. The highest BCUT2D eigenvalue weighted by atomic mass is 31.1. The van der Waals surface area contributed by atoms with Crippen LogP contribution in [0.4, 0.5) is 5.69 Å². The first kappa shape index (κ1) is 34.5. The summed E-state index contributed by atoms with van der Waals surface area (Å²) in [6.45, 7) is 18.6. The van der Waals surface area contributed by atoms with E-state index < -0.39 is 0 Å². The number of aryl methyl sites for hydroxylation is 2. The fourth-order valence-corrected chi connectivity index (χ4v) is 8.39. The van der Waals surface area contributed by atoms with Crippen molar-refractivity contribution in [2.75, 3.05) is 4.90 Å². The molecular weight excluding hydrogens is 589 g/mol. The lowest BCUT2D eigenvalue weighted by molar-refractivity contribution is 0.297. The summed E-state index contributed by atoms with van der Waals surface area (Å²) >= 11 is 0. The number of hydrogen-bond donors (Lipinski definition) is 0. The largest absolute Gasteiger partial charge is 0.488 e. The van der Waals surface area contributed by atoms with Gasteiger partial charge < -0.3 is 9.64 Å². The van der Waals surface area contributed by atoms with E-state index in [0.717, 1.165) is 31.7 Å². The molecule has 0 saturated carbocycles. The van der Waals surface area contributed by atoms with Gasteiger partial charge in [0.1, 0.15) is 12.4 Å². The molecule has 0 heterocycles. The number of rotatable bonds is 13. The van der Waals surface area contributed by atoms with Crippen LogP contribution in [0, 0.1) is 13.8 Å². The Hall–Kier alpha value is -3.87. The van der Waals surface area contributed by atoms with E-state index in [9.17, 15) is 0 Å². The van der Waals surface area contributed by atoms with Crippen LogP contribution in [0.1, 0.15) is 86.4 Å². The monoisotopic (exact) mass is 641 g/mol. The highest BCUT2D eigenvalue weighted by molar-refractivity contribution is 7.49. The van der Waals surface area contributed by atoms with Crippen LogP contribution in [0.25, 0.3) is 0 Å². The van der Waals surface area contributed by atoms with Crippen LogP contribution >= 0.6 is 8.58 Å². The zero-order valence-corrected chi connectivity index (χ0v) is 30.4. The SMILES string of the molecule is CCCC(C)(Pc1c(C)cccc1N(Cc1ccccc1)Cc1ccccc1)c1cc(C(C)(C)C)cc(C)c1OCc1ccccc1. The number of nitrogens with zero attached hydrogens (tertiary/aromatic N) is 1. The maximum absolute atomic E-state index is 6.81. The fraction of sp³-hybridized carbons (Fsp3) is 0.318. The molecule has 2 atom stereocenters.